The summed E-state index contributed by atoms with van der Waals surface area (Å²) < 4.78 is 11.4. The zero-order valence-corrected chi connectivity index (χ0v) is 13.8. The van der Waals surface area contributed by atoms with Gasteiger partial charge in [-0.2, -0.15) is 0 Å². The van der Waals surface area contributed by atoms with Crippen molar-refractivity contribution in [3.8, 4) is 11.5 Å². The van der Waals surface area contributed by atoms with E-state index in [0.717, 1.165) is 21.3 Å². The van der Waals surface area contributed by atoms with Crippen molar-refractivity contribution in [3.63, 3.8) is 0 Å². The number of carbonyl (C=O) groups is 1. The number of aromatic nitrogens is 2. The Bertz CT molecular complexity index is 1030. The first-order chi connectivity index (χ1) is 11.6. The molecule has 0 fully saturated rings. The summed E-state index contributed by atoms with van der Waals surface area (Å²) in [6.07, 6.45) is 1.53. The maximum absolute atomic E-state index is 12.3. The van der Waals surface area contributed by atoms with Crippen LogP contribution in [0, 0.1) is 13.8 Å². The van der Waals surface area contributed by atoms with E-state index in [1.54, 1.807) is 12.1 Å². The number of nitrogens with one attached hydrogen (secondary N) is 1. The van der Waals surface area contributed by atoms with Gasteiger partial charge in [0.2, 0.25) is 5.76 Å². The van der Waals surface area contributed by atoms with Gasteiger partial charge in [0, 0.05) is 6.07 Å². The molecular formula is C17H13N3O3S. The van der Waals surface area contributed by atoms with Gasteiger partial charge < -0.3 is 8.94 Å². The maximum Gasteiger partial charge on any atom is 0.279 e. The SMILES string of the molecule is Cc1cc(C)c2sc(NC(=O)c3cc(-c4ccco4)on3)nc2c1. The monoisotopic (exact) mass is 339 g/mol. The molecule has 0 bridgehead atoms. The minimum Gasteiger partial charge on any atom is -0.461 e. The minimum absolute atomic E-state index is 0.175. The Hall–Kier alpha value is -2.93. The van der Waals surface area contributed by atoms with Gasteiger partial charge in [0.1, 0.15) is 0 Å². The molecule has 120 valence electrons. The first-order valence-corrected chi connectivity index (χ1v) is 8.11. The molecule has 3 aromatic heterocycles. The Morgan fingerprint density at radius 2 is 2.08 bits per heavy atom. The lowest BCUT2D eigenvalue weighted by atomic mass is 10.1. The molecule has 0 aliphatic carbocycles. The Morgan fingerprint density at radius 1 is 1.21 bits per heavy atom. The molecule has 1 aromatic carbocycles. The second kappa shape index (κ2) is 5.61. The molecule has 0 spiro atoms. The van der Waals surface area contributed by atoms with Gasteiger partial charge in [-0.05, 0) is 43.2 Å². The molecule has 0 aliphatic heterocycles. The molecule has 0 saturated heterocycles. The van der Waals surface area contributed by atoms with Crippen molar-refractivity contribution in [3.05, 3.63) is 53.4 Å². The van der Waals surface area contributed by atoms with Crippen molar-refractivity contribution in [2.24, 2.45) is 0 Å². The summed E-state index contributed by atoms with van der Waals surface area (Å²) in [6.45, 7) is 4.06. The number of fused-ring (bicyclic) bond motifs is 1. The zero-order chi connectivity index (χ0) is 16.7. The van der Waals surface area contributed by atoms with Gasteiger partial charge in [-0.3, -0.25) is 10.1 Å². The van der Waals surface area contributed by atoms with Crippen LogP contribution in [0.5, 0.6) is 0 Å². The Labute approximate surface area is 141 Å². The number of amides is 1. The van der Waals surface area contributed by atoms with Gasteiger partial charge >= 0.3 is 0 Å². The fraction of sp³-hybridized carbons (Fsp3) is 0.118. The van der Waals surface area contributed by atoms with Crippen molar-refractivity contribution >= 4 is 32.6 Å². The van der Waals surface area contributed by atoms with E-state index >= 15 is 0 Å². The second-order valence-corrected chi connectivity index (χ2v) is 6.46. The van der Waals surface area contributed by atoms with Crippen molar-refractivity contribution < 1.29 is 13.7 Å². The first-order valence-electron chi connectivity index (χ1n) is 7.30. The first kappa shape index (κ1) is 14.6. The summed E-state index contributed by atoms with van der Waals surface area (Å²) in [6, 6.07) is 9.11. The molecule has 0 aliphatic rings. The number of benzene rings is 1. The number of rotatable bonds is 3. The van der Waals surface area contributed by atoms with Crippen LogP contribution in [0.1, 0.15) is 21.6 Å². The predicted molar refractivity (Wildman–Crippen MR) is 91.3 cm³/mol. The molecule has 0 radical (unpaired) electrons. The van der Waals surface area contributed by atoms with Gasteiger partial charge in [-0.1, -0.05) is 22.6 Å². The quantitative estimate of drug-likeness (QED) is 0.598. The van der Waals surface area contributed by atoms with Crippen molar-refractivity contribution in [1.29, 1.82) is 0 Å². The summed E-state index contributed by atoms with van der Waals surface area (Å²) >= 11 is 1.44. The van der Waals surface area contributed by atoms with Gasteiger partial charge in [0.15, 0.2) is 16.6 Å². The van der Waals surface area contributed by atoms with Crippen molar-refractivity contribution in [2.75, 3.05) is 5.32 Å². The molecule has 4 aromatic rings. The van der Waals surface area contributed by atoms with Crippen LogP contribution in [0.2, 0.25) is 0 Å². The highest BCUT2D eigenvalue weighted by Crippen LogP contribution is 2.30. The molecule has 24 heavy (non-hydrogen) atoms. The minimum atomic E-state index is -0.370. The summed E-state index contributed by atoms with van der Waals surface area (Å²) in [5.41, 5.74) is 3.34. The highest BCUT2D eigenvalue weighted by atomic mass is 32.1. The van der Waals surface area contributed by atoms with E-state index in [1.807, 2.05) is 19.9 Å². The third-order valence-electron chi connectivity index (χ3n) is 3.55. The van der Waals surface area contributed by atoms with Crippen LogP contribution in [0.25, 0.3) is 21.7 Å². The van der Waals surface area contributed by atoms with E-state index in [4.69, 9.17) is 8.94 Å². The Morgan fingerprint density at radius 3 is 2.88 bits per heavy atom. The largest absolute Gasteiger partial charge is 0.461 e. The van der Waals surface area contributed by atoms with Crippen LogP contribution in [-0.2, 0) is 0 Å². The molecule has 0 unspecified atom stereocenters. The Balaban J connectivity index is 1.59. The molecule has 7 heteroatoms. The van der Waals surface area contributed by atoms with Gasteiger partial charge in [-0.15, -0.1) is 0 Å². The zero-order valence-electron chi connectivity index (χ0n) is 13.0. The molecule has 0 saturated carbocycles. The van der Waals surface area contributed by atoms with Gasteiger partial charge in [-0.25, -0.2) is 4.98 Å². The standard InChI is InChI=1S/C17H13N3O3S/c1-9-6-10(2)15-11(7-9)18-17(24-15)19-16(21)12-8-14(23-20-12)13-4-3-5-22-13/h3-8H,1-2H3,(H,18,19,21). The van der Waals surface area contributed by atoms with Crippen LogP contribution < -0.4 is 5.32 Å². The normalized spacial score (nSPS) is 11.1. The Kier molecular flexibility index (Phi) is 3.42. The highest BCUT2D eigenvalue weighted by Gasteiger charge is 2.17. The molecule has 1 N–H and O–H groups in total. The van der Waals surface area contributed by atoms with Crippen LogP contribution >= 0.6 is 11.3 Å². The summed E-state index contributed by atoms with van der Waals surface area (Å²) in [5, 5.41) is 7.09. The summed E-state index contributed by atoms with van der Waals surface area (Å²) in [4.78, 5) is 16.8. The predicted octanol–water partition coefficient (Wildman–Crippen LogP) is 4.41. The van der Waals surface area contributed by atoms with E-state index in [0.29, 0.717) is 16.7 Å². The van der Waals surface area contributed by atoms with Gasteiger partial charge in [0.05, 0.1) is 16.5 Å². The number of nitrogens with zero attached hydrogens (tertiary/aromatic N) is 2. The number of furan rings is 1. The van der Waals surface area contributed by atoms with Gasteiger partial charge in [0.25, 0.3) is 5.91 Å². The number of hydrogen-bond donors (Lipinski definition) is 1. The van der Waals surface area contributed by atoms with E-state index in [1.165, 1.54) is 23.7 Å². The number of carbonyl (C=O) groups excluding carboxylic acids is 1. The lowest BCUT2D eigenvalue weighted by Crippen LogP contribution is -2.11. The molecule has 1 amide bonds. The fourth-order valence-electron chi connectivity index (χ4n) is 2.51. The number of anilines is 1. The number of aryl methyl sites for hydroxylation is 2. The van der Waals surface area contributed by atoms with E-state index in [-0.39, 0.29) is 11.6 Å². The lowest BCUT2D eigenvalue weighted by molar-refractivity contribution is 0.101. The smallest absolute Gasteiger partial charge is 0.279 e. The molecule has 4 rings (SSSR count). The molecule has 0 atom stereocenters. The average Bonchev–Trinajstić information content (AvgIpc) is 3.26. The van der Waals surface area contributed by atoms with Crippen LogP contribution in [0.4, 0.5) is 5.13 Å². The van der Waals surface area contributed by atoms with E-state index in [9.17, 15) is 4.79 Å². The van der Waals surface area contributed by atoms with E-state index < -0.39 is 0 Å². The van der Waals surface area contributed by atoms with Crippen molar-refractivity contribution in [2.45, 2.75) is 13.8 Å². The average molecular weight is 339 g/mol. The molecular weight excluding hydrogens is 326 g/mol. The number of thiazole rings is 1. The van der Waals surface area contributed by atoms with Crippen molar-refractivity contribution in [1.82, 2.24) is 10.1 Å². The van der Waals surface area contributed by atoms with Crippen LogP contribution in [-0.4, -0.2) is 16.0 Å². The van der Waals surface area contributed by atoms with Crippen LogP contribution in [0.3, 0.4) is 0 Å². The summed E-state index contributed by atoms with van der Waals surface area (Å²) in [5.74, 6) is 0.554. The van der Waals surface area contributed by atoms with E-state index in [2.05, 4.69) is 21.5 Å². The summed E-state index contributed by atoms with van der Waals surface area (Å²) in [7, 11) is 0. The maximum atomic E-state index is 12.3. The molecule has 6 nitrogen and oxygen atoms in total. The lowest BCUT2D eigenvalue weighted by Gasteiger charge is -1.95. The third kappa shape index (κ3) is 2.59. The topological polar surface area (TPSA) is 81.2 Å². The molecule has 3 heterocycles. The van der Waals surface area contributed by atoms with Crippen LogP contribution in [0.15, 0.2) is 45.5 Å². The second-order valence-electron chi connectivity index (χ2n) is 5.46. The highest BCUT2D eigenvalue weighted by molar-refractivity contribution is 7.22. The number of hydrogen-bond acceptors (Lipinski definition) is 6. The third-order valence-corrected chi connectivity index (χ3v) is 4.67. The fourth-order valence-corrected chi connectivity index (χ4v) is 3.42.